The Morgan fingerprint density at radius 3 is 2.21 bits per heavy atom. The SMILES string of the molecule is Cc1ccccc1C[NH+](C)[C@H](C)C(=O)Nc1ccc(S(=O)(=O)NC(C)C)cc1. The number of quaternary nitrogens is 1. The number of hydrogen-bond donors (Lipinski definition) is 3. The number of carbonyl (C=O) groups excluding carboxylic acids is 1. The molecule has 0 spiro atoms. The van der Waals surface area contributed by atoms with Crippen LogP contribution >= 0.6 is 0 Å². The summed E-state index contributed by atoms with van der Waals surface area (Å²) in [5, 5.41) is 2.87. The molecule has 2 aromatic carbocycles. The Labute approximate surface area is 168 Å². The average molecular weight is 405 g/mol. The zero-order chi connectivity index (χ0) is 20.9. The van der Waals surface area contributed by atoms with E-state index >= 15 is 0 Å². The molecule has 152 valence electrons. The predicted molar refractivity (Wildman–Crippen MR) is 112 cm³/mol. The van der Waals surface area contributed by atoms with E-state index in [0.717, 1.165) is 11.4 Å². The third-order valence-electron chi connectivity index (χ3n) is 4.69. The van der Waals surface area contributed by atoms with Gasteiger partial charge in [-0.1, -0.05) is 24.3 Å². The molecule has 2 rings (SSSR count). The highest BCUT2D eigenvalue weighted by atomic mass is 32.2. The van der Waals surface area contributed by atoms with Crippen LogP contribution in [0, 0.1) is 6.92 Å². The van der Waals surface area contributed by atoms with Crippen LogP contribution in [0.2, 0.25) is 0 Å². The summed E-state index contributed by atoms with van der Waals surface area (Å²) in [6.45, 7) is 8.23. The van der Waals surface area contributed by atoms with Crippen molar-refractivity contribution in [3.63, 3.8) is 0 Å². The topological polar surface area (TPSA) is 79.7 Å². The van der Waals surface area contributed by atoms with Crippen molar-refractivity contribution in [3.05, 3.63) is 59.7 Å². The highest BCUT2D eigenvalue weighted by Gasteiger charge is 2.23. The van der Waals surface area contributed by atoms with E-state index in [2.05, 4.69) is 29.1 Å². The van der Waals surface area contributed by atoms with Crippen molar-refractivity contribution in [2.45, 2.75) is 51.2 Å². The van der Waals surface area contributed by atoms with Gasteiger partial charge in [-0.2, -0.15) is 0 Å². The van der Waals surface area contributed by atoms with Crippen molar-refractivity contribution >= 4 is 21.6 Å². The van der Waals surface area contributed by atoms with Gasteiger partial charge in [-0.3, -0.25) is 4.79 Å². The van der Waals surface area contributed by atoms with Crippen LogP contribution < -0.4 is 14.9 Å². The molecule has 7 heteroatoms. The third-order valence-corrected chi connectivity index (χ3v) is 6.36. The molecule has 1 unspecified atom stereocenters. The van der Waals surface area contributed by atoms with E-state index < -0.39 is 10.0 Å². The zero-order valence-corrected chi connectivity index (χ0v) is 17.9. The number of sulfonamides is 1. The van der Waals surface area contributed by atoms with Crippen molar-refractivity contribution in [1.82, 2.24) is 4.72 Å². The molecule has 0 fully saturated rings. The number of rotatable bonds is 8. The first-order valence-electron chi connectivity index (χ1n) is 9.40. The summed E-state index contributed by atoms with van der Waals surface area (Å²) < 4.78 is 26.9. The van der Waals surface area contributed by atoms with Gasteiger partial charge in [0.1, 0.15) is 6.54 Å². The smallest absolute Gasteiger partial charge is 0.282 e. The summed E-state index contributed by atoms with van der Waals surface area (Å²) in [6, 6.07) is 13.9. The molecule has 0 heterocycles. The van der Waals surface area contributed by atoms with Crippen molar-refractivity contribution in [2.24, 2.45) is 0 Å². The molecular formula is C21H30N3O3S+. The first kappa shape index (κ1) is 22.1. The minimum atomic E-state index is -3.54. The number of anilines is 1. The van der Waals surface area contributed by atoms with Crippen LogP contribution in [0.15, 0.2) is 53.4 Å². The highest BCUT2D eigenvalue weighted by molar-refractivity contribution is 7.89. The van der Waals surface area contributed by atoms with Gasteiger partial charge in [-0.05, 0) is 57.5 Å². The third kappa shape index (κ3) is 5.89. The maximum Gasteiger partial charge on any atom is 0.282 e. The van der Waals surface area contributed by atoms with E-state index in [-0.39, 0.29) is 22.9 Å². The van der Waals surface area contributed by atoms with E-state index in [0.29, 0.717) is 5.69 Å². The Morgan fingerprint density at radius 1 is 1.04 bits per heavy atom. The summed E-state index contributed by atoms with van der Waals surface area (Å²) >= 11 is 0. The van der Waals surface area contributed by atoms with Gasteiger partial charge in [0.25, 0.3) is 5.91 Å². The standard InChI is InChI=1S/C21H29N3O3S/c1-15(2)23-28(26,27)20-12-10-19(11-13-20)22-21(25)17(4)24(5)14-18-9-7-6-8-16(18)3/h6-13,15,17,23H,14H2,1-5H3,(H,22,25)/p+1/t17-/m1/s1. The fourth-order valence-electron chi connectivity index (χ4n) is 2.83. The van der Waals surface area contributed by atoms with Gasteiger partial charge < -0.3 is 10.2 Å². The first-order chi connectivity index (χ1) is 13.1. The largest absolute Gasteiger partial charge is 0.324 e. The number of carbonyl (C=O) groups is 1. The molecule has 0 aliphatic heterocycles. The van der Waals surface area contributed by atoms with Crippen molar-refractivity contribution in [1.29, 1.82) is 0 Å². The number of aryl methyl sites for hydroxylation is 1. The lowest BCUT2D eigenvalue weighted by atomic mass is 10.1. The van der Waals surface area contributed by atoms with Gasteiger partial charge in [0.2, 0.25) is 10.0 Å². The van der Waals surface area contributed by atoms with E-state index in [1.807, 2.05) is 26.1 Å². The molecule has 2 atom stereocenters. The van der Waals surface area contributed by atoms with Gasteiger partial charge in [0.15, 0.2) is 6.04 Å². The second-order valence-corrected chi connectivity index (χ2v) is 9.17. The van der Waals surface area contributed by atoms with E-state index in [1.165, 1.54) is 23.3 Å². The summed E-state index contributed by atoms with van der Waals surface area (Å²) in [7, 11) is -1.55. The highest BCUT2D eigenvalue weighted by Crippen LogP contribution is 2.14. The van der Waals surface area contributed by atoms with Gasteiger partial charge in [0, 0.05) is 17.3 Å². The second-order valence-electron chi connectivity index (χ2n) is 7.46. The lowest BCUT2D eigenvalue weighted by Crippen LogP contribution is -3.12. The Hall–Kier alpha value is -2.22. The number of hydrogen-bond acceptors (Lipinski definition) is 3. The van der Waals surface area contributed by atoms with Crippen molar-refractivity contribution < 1.29 is 18.1 Å². The number of nitrogens with one attached hydrogen (secondary N) is 3. The molecule has 6 nitrogen and oxygen atoms in total. The summed E-state index contributed by atoms with van der Waals surface area (Å²) in [6.07, 6.45) is 0. The molecule has 28 heavy (non-hydrogen) atoms. The molecule has 0 saturated carbocycles. The minimum absolute atomic E-state index is 0.109. The average Bonchev–Trinajstić information content (AvgIpc) is 2.62. The Bertz CT molecular complexity index is 909. The molecular weight excluding hydrogens is 374 g/mol. The summed E-state index contributed by atoms with van der Waals surface area (Å²) in [5.41, 5.74) is 3.00. The molecule has 0 saturated heterocycles. The minimum Gasteiger partial charge on any atom is -0.324 e. The van der Waals surface area contributed by atoms with E-state index in [1.54, 1.807) is 26.0 Å². The second kappa shape index (κ2) is 9.32. The molecule has 2 aromatic rings. The van der Waals surface area contributed by atoms with E-state index in [4.69, 9.17) is 0 Å². The van der Waals surface area contributed by atoms with Crippen molar-refractivity contribution in [2.75, 3.05) is 12.4 Å². The van der Waals surface area contributed by atoms with Crippen LogP contribution in [0.3, 0.4) is 0 Å². The summed E-state index contributed by atoms with van der Waals surface area (Å²) in [4.78, 5) is 13.8. The van der Waals surface area contributed by atoms with Crippen LogP contribution in [-0.2, 0) is 21.4 Å². The molecule has 1 amide bonds. The first-order valence-corrected chi connectivity index (χ1v) is 10.9. The van der Waals surface area contributed by atoms with Crippen LogP contribution in [0.4, 0.5) is 5.69 Å². The Kier molecular flexibility index (Phi) is 7.35. The Morgan fingerprint density at radius 2 is 1.64 bits per heavy atom. The fourth-order valence-corrected chi connectivity index (χ4v) is 4.08. The number of amides is 1. The van der Waals surface area contributed by atoms with Crippen LogP contribution in [0.5, 0.6) is 0 Å². The fraction of sp³-hybridized carbons (Fsp3) is 0.381. The normalized spacial score (nSPS) is 13.9. The number of benzene rings is 2. The molecule has 3 N–H and O–H groups in total. The molecule has 0 aliphatic rings. The maximum absolute atomic E-state index is 12.6. The van der Waals surface area contributed by atoms with Gasteiger partial charge >= 0.3 is 0 Å². The zero-order valence-electron chi connectivity index (χ0n) is 17.1. The maximum atomic E-state index is 12.6. The molecule has 0 radical (unpaired) electrons. The molecule has 0 bridgehead atoms. The van der Waals surface area contributed by atoms with Gasteiger partial charge in [-0.15, -0.1) is 0 Å². The predicted octanol–water partition coefficient (Wildman–Crippen LogP) is 1.72. The van der Waals surface area contributed by atoms with Gasteiger partial charge in [0.05, 0.1) is 11.9 Å². The van der Waals surface area contributed by atoms with Crippen LogP contribution in [0.25, 0.3) is 0 Å². The van der Waals surface area contributed by atoms with Gasteiger partial charge in [-0.25, -0.2) is 13.1 Å². The molecule has 0 aliphatic carbocycles. The quantitative estimate of drug-likeness (QED) is 0.627. The Balaban J connectivity index is 2.01. The van der Waals surface area contributed by atoms with Crippen LogP contribution in [0.1, 0.15) is 31.9 Å². The lowest BCUT2D eigenvalue weighted by molar-refractivity contribution is -0.907. The summed E-state index contributed by atoms with van der Waals surface area (Å²) in [5.74, 6) is -0.109. The monoisotopic (exact) mass is 404 g/mol. The lowest BCUT2D eigenvalue weighted by Gasteiger charge is -2.22. The van der Waals surface area contributed by atoms with Crippen LogP contribution in [-0.4, -0.2) is 33.5 Å². The molecule has 0 aromatic heterocycles. The van der Waals surface area contributed by atoms with E-state index in [9.17, 15) is 13.2 Å². The number of likely N-dealkylation sites (N-methyl/N-ethyl adjacent to an activating group) is 1. The van der Waals surface area contributed by atoms with Crippen molar-refractivity contribution in [3.8, 4) is 0 Å².